The molecule has 1 aromatic carbocycles. The van der Waals surface area contributed by atoms with E-state index in [0.29, 0.717) is 18.2 Å². The number of nitro groups is 1. The summed E-state index contributed by atoms with van der Waals surface area (Å²) in [5.41, 5.74) is 1.52. The van der Waals surface area contributed by atoms with Crippen LogP contribution in [0.15, 0.2) is 22.6 Å². The predicted octanol–water partition coefficient (Wildman–Crippen LogP) is 2.50. The molecule has 2 rings (SSSR count). The van der Waals surface area contributed by atoms with E-state index in [1.807, 2.05) is 0 Å². The molecule has 2 aromatic rings. The largest absolute Gasteiger partial charge is 0.421 e. The molecule has 1 N–H and O–H groups in total. The van der Waals surface area contributed by atoms with Gasteiger partial charge in [0.15, 0.2) is 0 Å². The van der Waals surface area contributed by atoms with Crippen molar-refractivity contribution in [3.63, 3.8) is 0 Å². The second kappa shape index (κ2) is 6.94. The molecule has 0 atom stereocenters. The van der Waals surface area contributed by atoms with E-state index < -0.39 is 4.92 Å². The van der Waals surface area contributed by atoms with Gasteiger partial charge >= 0.3 is 0 Å². The van der Waals surface area contributed by atoms with E-state index in [9.17, 15) is 10.1 Å². The fourth-order valence-corrected chi connectivity index (χ4v) is 1.96. The topological polar surface area (TPSA) is 94.1 Å². The Morgan fingerprint density at radius 3 is 2.81 bits per heavy atom. The maximum Gasteiger partial charge on any atom is 0.269 e. The zero-order valence-electron chi connectivity index (χ0n) is 12.1. The van der Waals surface area contributed by atoms with Crippen LogP contribution in [0.2, 0.25) is 0 Å². The third-order valence-electron chi connectivity index (χ3n) is 3.06. The summed E-state index contributed by atoms with van der Waals surface area (Å²) >= 11 is 0. The molecule has 0 unspecified atom stereocenters. The number of nitrogens with one attached hydrogen (secondary N) is 1. The van der Waals surface area contributed by atoms with Crippen molar-refractivity contribution in [1.82, 2.24) is 15.5 Å². The molecule has 7 heteroatoms. The smallest absolute Gasteiger partial charge is 0.269 e. The highest BCUT2D eigenvalue weighted by atomic mass is 16.6. The van der Waals surface area contributed by atoms with E-state index in [4.69, 9.17) is 4.42 Å². The highest BCUT2D eigenvalue weighted by Gasteiger charge is 2.14. The normalized spacial score (nSPS) is 10.8. The summed E-state index contributed by atoms with van der Waals surface area (Å²) in [7, 11) is 0. The zero-order chi connectivity index (χ0) is 15.2. The molecule has 7 nitrogen and oxygen atoms in total. The number of hydrogen-bond acceptors (Lipinski definition) is 6. The molecule has 0 fully saturated rings. The number of rotatable bonds is 7. The lowest BCUT2D eigenvalue weighted by molar-refractivity contribution is -0.384. The van der Waals surface area contributed by atoms with Gasteiger partial charge in [0.05, 0.1) is 4.92 Å². The van der Waals surface area contributed by atoms with Crippen LogP contribution in [0.3, 0.4) is 0 Å². The standard InChI is InChI=1S/C14H18N4O3/c1-3-7-15-8-6-13-16-17-14(21-13)12-5-4-11(18(19)20)9-10(12)2/h4-5,9,15H,3,6-8H2,1-2H3. The van der Waals surface area contributed by atoms with Crippen molar-refractivity contribution < 1.29 is 9.34 Å². The van der Waals surface area contributed by atoms with Crippen LogP contribution >= 0.6 is 0 Å². The molecule has 21 heavy (non-hydrogen) atoms. The lowest BCUT2D eigenvalue weighted by Crippen LogP contribution is -2.17. The lowest BCUT2D eigenvalue weighted by Gasteiger charge is -2.01. The highest BCUT2D eigenvalue weighted by Crippen LogP contribution is 2.25. The first-order valence-electron chi connectivity index (χ1n) is 6.90. The molecular formula is C14H18N4O3. The molecule has 0 amide bonds. The number of benzene rings is 1. The van der Waals surface area contributed by atoms with Crippen LogP contribution in [0.1, 0.15) is 24.8 Å². The number of aryl methyl sites for hydroxylation is 1. The van der Waals surface area contributed by atoms with Crippen molar-refractivity contribution in [1.29, 1.82) is 0 Å². The van der Waals surface area contributed by atoms with Crippen LogP contribution in [0.4, 0.5) is 5.69 Å². The second-order valence-corrected chi connectivity index (χ2v) is 4.76. The van der Waals surface area contributed by atoms with Gasteiger partial charge in [0.25, 0.3) is 5.69 Å². The van der Waals surface area contributed by atoms with Gasteiger partial charge in [-0.25, -0.2) is 0 Å². The molecule has 0 spiro atoms. The molecular weight excluding hydrogens is 272 g/mol. The van der Waals surface area contributed by atoms with E-state index in [2.05, 4.69) is 22.4 Å². The average Bonchev–Trinajstić information content (AvgIpc) is 2.92. The monoisotopic (exact) mass is 290 g/mol. The van der Waals surface area contributed by atoms with Gasteiger partial charge in [-0.2, -0.15) is 0 Å². The van der Waals surface area contributed by atoms with Crippen LogP contribution in [0, 0.1) is 17.0 Å². The Kier molecular flexibility index (Phi) is 4.99. The Morgan fingerprint density at radius 1 is 1.33 bits per heavy atom. The van der Waals surface area contributed by atoms with E-state index in [1.165, 1.54) is 12.1 Å². The fraction of sp³-hybridized carbons (Fsp3) is 0.429. The summed E-state index contributed by atoms with van der Waals surface area (Å²) in [5, 5.41) is 22.0. The third kappa shape index (κ3) is 3.85. The molecule has 0 saturated carbocycles. The summed E-state index contributed by atoms with van der Waals surface area (Å²) in [6.07, 6.45) is 1.75. The van der Waals surface area contributed by atoms with Gasteiger partial charge in [0.1, 0.15) is 0 Å². The SMILES string of the molecule is CCCNCCc1nnc(-c2ccc([N+](=O)[O-])cc2C)o1. The molecule has 112 valence electrons. The van der Waals surface area contributed by atoms with Gasteiger partial charge < -0.3 is 9.73 Å². The minimum atomic E-state index is -0.421. The first-order valence-corrected chi connectivity index (χ1v) is 6.90. The van der Waals surface area contributed by atoms with Crippen molar-refractivity contribution in [2.24, 2.45) is 0 Å². The van der Waals surface area contributed by atoms with Gasteiger partial charge in [-0.15, -0.1) is 10.2 Å². The first kappa shape index (κ1) is 15.1. The Labute approximate surface area is 122 Å². The van der Waals surface area contributed by atoms with Crippen molar-refractivity contribution in [2.75, 3.05) is 13.1 Å². The van der Waals surface area contributed by atoms with Crippen LogP contribution in [-0.4, -0.2) is 28.2 Å². The lowest BCUT2D eigenvalue weighted by atomic mass is 10.1. The molecule has 0 bridgehead atoms. The van der Waals surface area contributed by atoms with Gasteiger partial charge in [-0.3, -0.25) is 10.1 Å². The Balaban J connectivity index is 2.08. The molecule has 1 heterocycles. The number of hydrogen-bond donors (Lipinski definition) is 1. The van der Waals surface area contributed by atoms with Crippen LogP contribution in [0.25, 0.3) is 11.5 Å². The van der Waals surface area contributed by atoms with Crippen LogP contribution in [-0.2, 0) is 6.42 Å². The van der Waals surface area contributed by atoms with Gasteiger partial charge in [0.2, 0.25) is 11.8 Å². The van der Waals surface area contributed by atoms with Crippen molar-refractivity contribution >= 4 is 5.69 Å². The summed E-state index contributed by atoms with van der Waals surface area (Å²) in [4.78, 5) is 10.3. The third-order valence-corrected chi connectivity index (χ3v) is 3.06. The fourth-order valence-electron chi connectivity index (χ4n) is 1.96. The van der Waals surface area contributed by atoms with Gasteiger partial charge in [-0.1, -0.05) is 6.92 Å². The maximum atomic E-state index is 10.7. The van der Waals surface area contributed by atoms with Crippen molar-refractivity contribution in [3.8, 4) is 11.5 Å². The Morgan fingerprint density at radius 2 is 2.14 bits per heavy atom. The number of nitrogens with zero attached hydrogens (tertiary/aromatic N) is 3. The number of aromatic nitrogens is 2. The minimum Gasteiger partial charge on any atom is -0.421 e. The molecule has 1 aromatic heterocycles. The molecule has 0 radical (unpaired) electrons. The van der Waals surface area contributed by atoms with Crippen molar-refractivity contribution in [3.05, 3.63) is 39.8 Å². The number of nitro benzene ring substituents is 1. The Hall–Kier alpha value is -2.28. The van der Waals surface area contributed by atoms with Crippen LogP contribution in [0.5, 0.6) is 0 Å². The number of non-ortho nitro benzene ring substituents is 1. The van der Waals surface area contributed by atoms with Gasteiger partial charge in [-0.05, 0) is 31.5 Å². The molecule has 0 aliphatic heterocycles. The van der Waals surface area contributed by atoms with E-state index in [0.717, 1.165) is 30.6 Å². The molecule has 0 aliphatic carbocycles. The second-order valence-electron chi connectivity index (χ2n) is 4.76. The summed E-state index contributed by atoms with van der Waals surface area (Å²) in [6.45, 7) is 5.64. The van der Waals surface area contributed by atoms with Gasteiger partial charge in [0, 0.05) is 30.7 Å². The van der Waals surface area contributed by atoms with Crippen molar-refractivity contribution in [2.45, 2.75) is 26.7 Å². The quantitative estimate of drug-likeness (QED) is 0.478. The summed E-state index contributed by atoms with van der Waals surface area (Å²) < 4.78 is 5.60. The Bertz CT molecular complexity index is 624. The predicted molar refractivity (Wildman–Crippen MR) is 78.0 cm³/mol. The summed E-state index contributed by atoms with van der Waals surface area (Å²) in [6, 6.07) is 4.58. The summed E-state index contributed by atoms with van der Waals surface area (Å²) in [5.74, 6) is 0.958. The maximum absolute atomic E-state index is 10.7. The zero-order valence-corrected chi connectivity index (χ0v) is 12.1. The highest BCUT2D eigenvalue weighted by molar-refractivity contribution is 5.60. The van der Waals surface area contributed by atoms with E-state index >= 15 is 0 Å². The molecule has 0 saturated heterocycles. The average molecular weight is 290 g/mol. The van der Waals surface area contributed by atoms with Crippen LogP contribution < -0.4 is 5.32 Å². The first-order chi connectivity index (χ1) is 10.1. The van der Waals surface area contributed by atoms with E-state index in [1.54, 1.807) is 13.0 Å². The minimum absolute atomic E-state index is 0.0553. The van der Waals surface area contributed by atoms with E-state index in [-0.39, 0.29) is 5.69 Å². The molecule has 0 aliphatic rings.